The van der Waals surface area contributed by atoms with Crippen LogP contribution in [0.1, 0.15) is 19.3 Å². The molecule has 74 valence electrons. The first-order chi connectivity index (χ1) is 6.36. The molecule has 2 fully saturated rings. The summed E-state index contributed by atoms with van der Waals surface area (Å²) in [5.74, 6) is -0.227. The Morgan fingerprint density at radius 1 is 1.38 bits per heavy atom. The molecule has 13 heavy (non-hydrogen) atoms. The molecule has 4 heteroatoms. The fraction of sp³-hybridized carbons (Fsp3) is 0.889. The number of hydrogen-bond donors (Lipinski definition) is 0. The third-order valence-corrected chi connectivity index (χ3v) is 2.26. The Bertz CT molecular complexity index is 182. The average molecular weight is 186 g/mol. The lowest BCUT2D eigenvalue weighted by molar-refractivity contribution is -0.160. The fourth-order valence-electron chi connectivity index (χ4n) is 1.36. The summed E-state index contributed by atoms with van der Waals surface area (Å²) in [6.07, 6.45) is 2.72. The van der Waals surface area contributed by atoms with Crippen LogP contribution in [0.15, 0.2) is 0 Å². The minimum atomic E-state index is -0.326. The van der Waals surface area contributed by atoms with Gasteiger partial charge in [0.05, 0.1) is 6.61 Å². The van der Waals surface area contributed by atoms with Crippen LogP contribution in [0.5, 0.6) is 0 Å². The van der Waals surface area contributed by atoms with Gasteiger partial charge < -0.3 is 14.2 Å². The normalized spacial score (nSPS) is 32.6. The molecule has 0 saturated carbocycles. The standard InChI is InChI=1S/C9H14O4/c10-9(13-6-7-5-12-7)8-3-1-2-4-11-8/h7-8H,1-6H2/t7-,8-/m1/s1. The molecular formula is C9H14O4. The Hall–Kier alpha value is -0.610. The Morgan fingerprint density at radius 2 is 2.23 bits per heavy atom. The average Bonchev–Trinajstić information content (AvgIpc) is 2.99. The highest BCUT2D eigenvalue weighted by molar-refractivity contribution is 5.74. The van der Waals surface area contributed by atoms with E-state index in [1.807, 2.05) is 0 Å². The number of epoxide rings is 1. The van der Waals surface area contributed by atoms with Gasteiger partial charge in [0.15, 0.2) is 6.10 Å². The summed E-state index contributed by atoms with van der Waals surface area (Å²) >= 11 is 0. The minimum Gasteiger partial charge on any atom is -0.461 e. The Kier molecular flexibility index (Phi) is 2.80. The Balaban J connectivity index is 1.67. The molecule has 4 nitrogen and oxygen atoms in total. The zero-order valence-corrected chi connectivity index (χ0v) is 7.53. The summed E-state index contributed by atoms with van der Waals surface area (Å²) in [5, 5.41) is 0. The van der Waals surface area contributed by atoms with E-state index in [1.54, 1.807) is 0 Å². The molecule has 2 heterocycles. The van der Waals surface area contributed by atoms with E-state index in [0.29, 0.717) is 13.2 Å². The van der Waals surface area contributed by atoms with E-state index in [9.17, 15) is 4.79 Å². The summed E-state index contributed by atoms with van der Waals surface area (Å²) in [7, 11) is 0. The van der Waals surface area contributed by atoms with E-state index in [-0.39, 0.29) is 18.2 Å². The predicted octanol–water partition coefficient (Wildman–Crippen LogP) is 0.497. The monoisotopic (exact) mass is 186 g/mol. The van der Waals surface area contributed by atoms with Crippen molar-refractivity contribution < 1.29 is 19.0 Å². The molecule has 2 aliphatic rings. The van der Waals surface area contributed by atoms with Crippen molar-refractivity contribution >= 4 is 5.97 Å². The van der Waals surface area contributed by atoms with Gasteiger partial charge in [-0.15, -0.1) is 0 Å². The molecule has 2 rings (SSSR count). The van der Waals surface area contributed by atoms with Crippen LogP contribution in [0.4, 0.5) is 0 Å². The van der Waals surface area contributed by atoms with Crippen molar-refractivity contribution in [1.29, 1.82) is 0 Å². The van der Waals surface area contributed by atoms with Crippen LogP contribution in [-0.2, 0) is 19.0 Å². The number of esters is 1. The van der Waals surface area contributed by atoms with Crippen molar-refractivity contribution in [3.05, 3.63) is 0 Å². The van der Waals surface area contributed by atoms with Gasteiger partial charge >= 0.3 is 5.97 Å². The van der Waals surface area contributed by atoms with Gasteiger partial charge in [-0.1, -0.05) is 0 Å². The van der Waals surface area contributed by atoms with Gasteiger partial charge in [0.1, 0.15) is 12.7 Å². The largest absolute Gasteiger partial charge is 0.461 e. The fourth-order valence-corrected chi connectivity index (χ4v) is 1.36. The SMILES string of the molecule is O=C(OC[C@H]1CO1)[C@H]1CCCCO1. The molecule has 0 aromatic carbocycles. The van der Waals surface area contributed by atoms with Gasteiger partial charge in [-0.3, -0.25) is 0 Å². The number of carbonyl (C=O) groups is 1. The molecule has 0 aliphatic carbocycles. The maximum Gasteiger partial charge on any atom is 0.335 e. The van der Waals surface area contributed by atoms with Crippen LogP contribution < -0.4 is 0 Å². The van der Waals surface area contributed by atoms with Crippen molar-refractivity contribution in [1.82, 2.24) is 0 Å². The highest BCUT2D eigenvalue weighted by atomic mass is 16.6. The topological polar surface area (TPSA) is 48.1 Å². The lowest BCUT2D eigenvalue weighted by Gasteiger charge is -2.20. The van der Waals surface area contributed by atoms with E-state index in [0.717, 1.165) is 25.9 Å². The molecule has 0 spiro atoms. The van der Waals surface area contributed by atoms with Gasteiger partial charge in [-0.25, -0.2) is 4.79 Å². The molecule has 0 radical (unpaired) electrons. The molecule has 0 N–H and O–H groups in total. The van der Waals surface area contributed by atoms with Crippen LogP contribution in [0.3, 0.4) is 0 Å². The molecule has 0 unspecified atom stereocenters. The van der Waals surface area contributed by atoms with E-state index in [2.05, 4.69) is 0 Å². The van der Waals surface area contributed by atoms with Crippen molar-refractivity contribution in [3.63, 3.8) is 0 Å². The van der Waals surface area contributed by atoms with Crippen LogP contribution >= 0.6 is 0 Å². The van der Waals surface area contributed by atoms with Gasteiger partial charge in [0.2, 0.25) is 0 Å². The van der Waals surface area contributed by atoms with E-state index in [1.165, 1.54) is 0 Å². The van der Waals surface area contributed by atoms with Gasteiger partial charge in [0.25, 0.3) is 0 Å². The van der Waals surface area contributed by atoms with Gasteiger partial charge in [-0.05, 0) is 19.3 Å². The third kappa shape index (κ3) is 2.67. The Morgan fingerprint density at radius 3 is 2.85 bits per heavy atom. The molecule has 2 atom stereocenters. The molecule has 2 aliphatic heterocycles. The molecule has 2 saturated heterocycles. The summed E-state index contributed by atoms with van der Waals surface area (Å²) in [4.78, 5) is 11.3. The highest BCUT2D eigenvalue weighted by Gasteiger charge is 2.28. The number of carbonyl (C=O) groups excluding carboxylic acids is 1. The number of ether oxygens (including phenoxy) is 3. The molecule has 0 aromatic rings. The quantitative estimate of drug-likeness (QED) is 0.475. The van der Waals surface area contributed by atoms with Crippen molar-refractivity contribution in [2.75, 3.05) is 19.8 Å². The molecule has 0 amide bonds. The van der Waals surface area contributed by atoms with E-state index in [4.69, 9.17) is 14.2 Å². The van der Waals surface area contributed by atoms with Crippen LogP contribution in [0, 0.1) is 0 Å². The maximum absolute atomic E-state index is 11.3. The number of hydrogen-bond acceptors (Lipinski definition) is 4. The molecule has 0 aromatic heterocycles. The third-order valence-electron chi connectivity index (χ3n) is 2.26. The summed E-state index contributed by atoms with van der Waals surface area (Å²) in [6, 6.07) is 0. The zero-order chi connectivity index (χ0) is 9.10. The van der Waals surface area contributed by atoms with Gasteiger partial charge in [0, 0.05) is 6.61 Å². The van der Waals surface area contributed by atoms with Crippen LogP contribution in [0.25, 0.3) is 0 Å². The first kappa shape index (κ1) is 8.97. The van der Waals surface area contributed by atoms with E-state index >= 15 is 0 Å². The summed E-state index contributed by atoms with van der Waals surface area (Å²) in [6.45, 7) is 1.79. The predicted molar refractivity (Wildman–Crippen MR) is 44.3 cm³/mol. The van der Waals surface area contributed by atoms with Crippen molar-refractivity contribution in [3.8, 4) is 0 Å². The second kappa shape index (κ2) is 4.07. The second-order valence-corrected chi connectivity index (χ2v) is 3.44. The van der Waals surface area contributed by atoms with Crippen molar-refractivity contribution in [2.24, 2.45) is 0 Å². The number of rotatable bonds is 3. The summed E-state index contributed by atoms with van der Waals surface area (Å²) < 4.78 is 15.2. The zero-order valence-electron chi connectivity index (χ0n) is 7.53. The smallest absolute Gasteiger partial charge is 0.335 e. The maximum atomic E-state index is 11.3. The molecule has 0 bridgehead atoms. The van der Waals surface area contributed by atoms with Crippen LogP contribution in [-0.4, -0.2) is 38.0 Å². The lowest BCUT2D eigenvalue weighted by Crippen LogP contribution is -2.30. The Labute approximate surface area is 77.1 Å². The minimum absolute atomic E-state index is 0.146. The van der Waals surface area contributed by atoms with Crippen LogP contribution in [0.2, 0.25) is 0 Å². The van der Waals surface area contributed by atoms with E-state index < -0.39 is 0 Å². The second-order valence-electron chi connectivity index (χ2n) is 3.44. The lowest BCUT2D eigenvalue weighted by atomic mass is 10.1. The summed E-state index contributed by atoms with van der Waals surface area (Å²) in [5.41, 5.74) is 0. The molecular weight excluding hydrogens is 172 g/mol. The first-order valence-corrected chi connectivity index (χ1v) is 4.76. The van der Waals surface area contributed by atoms with Crippen molar-refractivity contribution in [2.45, 2.75) is 31.5 Å². The first-order valence-electron chi connectivity index (χ1n) is 4.76. The highest BCUT2D eigenvalue weighted by Crippen LogP contribution is 2.15. The van der Waals surface area contributed by atoms with Gasteiger partial charge in [-0.2, -0.15) is 0 Å².